The molecule has 0 bridgehead atoms. The Morgan fingerprint density at radius 1 is 1.11 bits per heavy atom. The van der Waals surface area contributed by atoms with Gasteiger partial charge in [0.25, 0.3) is 0 Å². The van der Waals surface area contributed by atoms with Crippen LogP contribution >= 0.6 is 0 Å². The summed E-state index contributed by atoms with van der Waals surface area (Å²) in [5.74, 6) is -0.0938. The van der Waals surface area contributed by atoms with Crippen LogP contribution < -0.4 is 0 Å². The number of hydrogen-bond acceptors (Lipinski definition) is 1. The molecule has 0 radical (unpaired) electrons. The minimum atomic E-state index is -2.51. The van der Waals surface area contributed by atoms with Gasteiger partial charge in [0.2, 0.25) is 0 Å². The first-order valence-electron chi connectivity index (χ1n) is 6.47. The minimum absolute atomic E-state index is 0.0938. The topological polar surface area (TPSA) is 53.5 Å². The normalized spacial score (nSPS) is 10.8. The third kappa shape index (κ3) is 2.79. The summed E-state index contributed by atoms with van der Waals surface area (Å²) in [7, 11) is 0. The van der Waals surface area contributed by atoms with Gasteiger partial charge < -0.3 is 0 Å². The third-order valence-corrected chi connectivity index (χ3v) is 15.2. The standard InChI is InChI=1S/C14H20GeN2O/c1-4-15(5-2,6-3)14(17-16)13(18)12-10-8-7-9-11-12/h7-11H,4-6H2,1-3H3. The van der Waals surface area contributed by atoms with E-state index in [1.807, 2.05) is 18.2 Å². The van der Waals surface area contributed by atoms with Crippen LogP contribution in [0.2, 0.25) is 15.8 Å². The summed E-state index contributed by atoms with van der Waals surface area (Å²) in [6.45, 7) is 6.32. The molecule has 0 fully saturated rings. The van der Waals surface area contributed by atoms with E-state index >= 15 is 0 Å². The summed E-state index contributed by atoms with van der Waals surface area (Å²) in [4.78, 5) is 15.9. The predicted molar refractivity (Wildman–Crippen MR) is 76.6 cm³/mol. The molecule has 0 amide bonds. The molecule has 18 heavy (non-hydrogen) atoms. The van der Waals surface area contributed by atoms with Crippen LogP contribution in [0.3, 0.4) is 0 Å². The van der Waals surface area contributed by atoms with Crippen LogP contribution in [0.4, 0.5) is 0 Å². The average molecular weight is 305 g/mol. The summed E-state index contributed by atoms with van der Waals surface area (Å²) in [6.07, 6.45) is 0. The van der Waals surface area contributed by atoms with Crippen molar-refractivity contribution < 1.29 is 9.58 Å². The van der Waals surface area contributed by atoms with E-state index in [2.05, 4.69) is 25.6 Å². The van der Waals surface area contributed by atoms with E-state index in [1.54, 1.807) is 12.1 Å². The molecule has 96 valence electrons. The van der Waals surface area contributed by atoms with Gasteiger partial charge in [-0.05, 0) is 0 Å². The summed E-state index contributed by atoms with van der Waals surface area (Å²) >= 11 is -2.51. The first-order valence-corrected chi connectivity index (χ1v) is 12.0. The van der Waals surface area contributed by atoms with Gasteiger partial charge in [0.15, 0.2) is 0 Å². The van der Waals surface area contributed by atoms with Crippen molar-refractivity contribution in [3.63, 3.8) is 0 Å². The van der Waals surface area contributed by atoms with E-state index in [0.29, 0.717) is 10.1 Å². The third-order valence-electron chi connectivity index (χ3n) is 3.88. The number of ketones is 1. The summed E-state index contributed by atoms with van der Waals surface area (Å²) in [5, 5.41) is 2.93. The fourth-order valence-electron chi connectivity index (χ4n) is 2.37. The molecule has 0 saturated carbocycles. The molecule has 0 N–H and O–H groups in total. The monoisotopic (exact) mass is 306 g/mol. The molecule has 0 atom stereocenters. The zero-order valence-electron chi connectivity index (χ0n) is 11.3. The first-order chi connectivity index (χ1) is 8.65. The molecule has 0 heterocycles. The summed E-state index contributed by atoms with van der Waals surface area (Å²) in [5.41, 5.74) is 9.92. The van der Waals surface area contributed by atoms with E-state index in [4.69, 9.17) is 0 Å². The maximum absolute atomic E-state index is 12.5. The second-order valence-electron chi connectivity index (χ2n) is 4.48. The Hall–Kier alpha value is -1.19. The molecule has 0 aliphatic heterocycles. The molecule has 0 unspecified atom stereocenters. The van der Waals surface area contributed by atoms with Crippen LogP contribution in [0, 0.1) is 0 Å². The van der Waals surface area contributed by atoms with Crippen molar-refractivity contribution in [1.82, 2.24) is 0 Å². The molecule has 0 spiro atoms. The zero-order chi connectivity index (χ0) is 13.6. The predicted octanol–water partition coefficient (Wildman–Crippen LogP) is 3.59. The second-order valence-corrected chi connectivity index (χ2v) is 15.3. The van der Waals surface area contributed by atoms with Crippen LogP contribution in [-0.4, -0.2) is 28.4 Å². The fraction of sp³-hybridized carbons (Fsp3) is 0.429. The van der Waals surface area contributed by atoms with Gasteiger partial charge in [-0.3, -0.25) is 0 Å². The van der Waals surface area contributed by atoms with Gasteiger partial charge in [-0.1, -0.05) is 0 Å². The van der Waals surface area contributed by atoms with E-state index in [1.165, 1.54) is 0 Å². The Morgan fingerprint density at radius 3 is 2.00 bits per heavy atom. The van der Waals surface area contributed by atoms with Gasteiger partial charge in [-0.25, -0.2) is 0 Å². The first kappa shape index (κ1) is 14.9. The Bertz CT molecular complexity index is 452. The molecular weight excluding hydrogens is 285 g/mol. The number of Topliss-reactive ketones (excluding diaryl/α,β-unsaturated/α-hetero) is 1. The van der Waals surface area contributed by atoms with Gasteiger partial charge in [-0.15, -0.1) is 0 Å². The van der Waals surface area contributed by atoms with Gasteiger partial charge in [0.1, 0.15) is 0 Å². The number of carbonyl (C=O) groups excluding carboxylic acids is 1. The van der Waals surface area contributed by atoms with Gasteiger partial charge in [0.05, 0.1) is 0 Å². The van der Waals surface area contributed by atoms with Crippen molar-refractivity contribution in [1.29, 1.82) is 0 Å². The van der Waals surface area contributed by atoms with Crippen LogP contribution in [-0.2, 0) is 0 Å². The molecule has 3 nitrogen and oxygen atoms in total. The van der Waals surface area contributed by atoms with Crippen LogP contribution in [0.15, 0.2) is 30.3 Å². The molecule has 0 aliphatic carbocycles. The van der Waals surface area contributed by atoms with Crippen molar-refractivity contribution in [3.8, 4) is 0 Å². The Kier molecular flexibility index (Phi) is 5.51. The Morgan fingerprint density at radius 2 is 1.61 bits per heavy atom. The SMILES string of the molecule is C[CH2][Ge]([CH2]C)([CH2]C)[C](=[N+]=[N-])C(=O)c1ccccc1. The van der Waals surface area contributed by atoms with Gasteiger partial charge in [-0.2, -0.15) is 0 Å². The van der Waals surface area contributed by atoms with Crippen molar-refractivity contribution in [2.45, 2.75) is 36.5 Å². The number of nitrogens with zero attached hydrogens (tertiary/aromatic N) is 2. The molecule has 0 aliphatic rings. The maximum atomic E-state index is 12.5. The quantitative estimate of drug-likeness (QED) is 0.260. The molecule has 1 aromatic carbocycles. The summed E-state index contributed by atoms with van der Waals surface area (Å²) in [6, 6.07) is 9.10. The summed E-state index contributed by atoms with van der Waals surface area (Å²) < 4.78 is 0.466. The molecule has 4 heteroatoms. The number of carbonyl (C=O) groups is 1. The van der Waals surface area contributed by atoms with Crippen molar-refractivity contribution in [2.75, 3.05) is 0 Å². The number of hydrogen-bond donors (Lipinski definition) is 0. The van der Waals surface area contributed by atoms with E-state index in [0.717, 1.165) is 15.8 Å². The van der Waals surface area contributed by atoms with Gasteiger partial charge >= 0.3 is 111 Å². The number of rotatable bonds is 6. The zero-order valence-corrected chi connectivity index (χ0v) is 13.4. The second kappa shape index (κ2) is 6.67. The van der Waals surface area contributed by atoms with Crippen molar-refractivity contribution in [3.05, 3.63) is 41.4 Å². The van der Waals surface area contributed by atoms with E-state index < -0.39 is 13.3 Å². The Labute approximate surface area is 111 Å². The van der Waals surface area contributed by atoms with E-state index in [9.17, 15) is 10.3 Å². The average Bonchev–Trinajstić information content (AvgIpc) is 2.45. The Balaban J connectivity index is 3.20. The molecule has 1 aromatic rings. The van der Waals surface area contributed by atoms with Crippen molar-refractivity contribution >= 4 is 23.6 Å². The van der Waals surface area contributed by atoms with Crippen LogP contribution in [0.25, 0.3) is 5.53 Å². The molecule has 1 rings (SSSR count). The van der Waals surface area contributed by atoms with Crippen molar-refractivity contribution in [2.24, 2.45) is 0 Å². The molecule has 0 saturated heterocycles. The van der Waals surface area contributed by atoms with E-state index in [-0.39, 0.29) is 5.78 Å². The number of benzene rings is 1. The molecule has 0 aromatic heterocycles. The van der Waals surface area contributed by atoms with Crippen LogP contribution in [0.5, 0.6) is 0 Å². The van der Waals surface area contributed by atoms with Gasteiger partial charge in [0, 0.05) is 0 Å². The van der Waals surface area contributed by atoms with Crippen LogP contribution in [0.1, 0.15) is 31.1 Å². The fourth-order valence-corrected chi connectivity index (χ4v) is 9.38. The molecular formula is C14H20GeN2O.